The summed E-state index contributed by atoms with van der Waals surface area (Å²) in [6, 6.07) is 17.8. The average molecular weight is 374 g/mol. The molecule has 0 saturated heterocycles. The fraction of sp³-hybridized carbons (Fsp3) is 0.304. The lowest BCUT2D eigenvalue weighted by atomic mass is 10.1. The van der Waals surface area contributed by atoms with Crippen molar-refractivity contribution in [2.45, 2.75) is 33.4 Å². The molecular weight excluding hydrogens is 348 g/mol. The topological polar surface area (TPSA) is 62.9 Å². The molecule has 0 fully saturated rings. The largest absolute Gasteiger partial charge is 0.489 e. The monoisotopic (exact) mass is 374 g/mol. The second kappa shape index (κ2) is 9.20. The summed E-state index contributed by atoms with van der Waals surface area (Å²) in [6.07, 6.45) is 0.965. The van der Waals surface area contributed by atoms with Crippen LogP contribution < -0.4 is 10.1 Å². The fourth-order valence-corrected chi connectivity index (χ4v) is 3.29. The van der Waals surface area contributed by atoms with Gasteiger partial charge >= 0.3 is 0 Å². The first kappa shape index (κ1) is 19.7. The van der Waals surface area contributed by atoms with Crippen LogP contribution >= 0.6 is 0 Å². The molecule has 0 aliphatic carbocycles. The highest BCUT2D eigenvalue weighted by atomic mass is 16.5. The summed E-state index contributed by atoms with van der Waals surface area (Å²) in [7, 11) is 1.99. The van der Waals surface area contributed by atoms with Gasteiger partial charge < -0.3 is 10.1 Å². The summed E-state index contributed by atoms with van der Waals surface area (Å²) in [6.45, 7) is 6.24. The Hall–Kier alpha value is -3.10. The van der Waals surface area contributed by atoms with E-state index < -0.39 is 0 Å². The number of nitriles is 1. The van der Waals surface area contributed by atoms with Crippen LogP contribution in [0.15, 0.2) is 48.5 Å². The molecule has 1 N–H and O–H groups in total. The summed E-state index contributed by atoms with van der Waals surface area (Å²) < 4.78 is 7.84. The predicted molar refractivity (Wildman–Crippen MR) is 110 cm³/mol. The maximum atomic E-state index is 9.18. The van der Waals surface area contributed by atoms with E-state index in [0.717, 1.165) is 36.5 Å². The van der Waals surface area contributed by atoms with Crippen LogP contribution in [-0.4, -0.2) is 16.3 Å². The fourth-order valence-electron chi connectivity index (χ4n) is 3.29. The Morgan fingerprint density at radius 3 is 2.71 bits per heavy atom. The minimum atomic E-state index is 0.389. The van der Waals surface area contributed by atoms with Gasteiger partial charge in [0.05, 0.1) is 17.3 Å². The Bertz CT molecular complexity index is 985. The second-order valence-electron chi connectivity index (χ2n) is 6.90. The molecule has 0 radical (unpaired) electrons. The molecule has 144 valence electrons. The van der Waals surface area contributed by atoms with Gasteiger partial charge in [-0.05, 0) is 56.1 Å². The Morgan fingerprint density at radius 1 is 1.14 bits per heavy atom. The third-order valence-electron chi connectivity index (χ3n) is 4.97. The predicted octanol–water partition coefficient (Wildman–Crippen LogP) is 3.82. The molecule has 1 aromatic heterocycles. The Kier molecular flexibility index (Phi) is 6.46. The van der Waals surface area contributed by atoms with Gasteiger partial charge in [0.1, 0.15) is 12.4 Å². The van der Waals surface area contributed by atoms with Crippen LogP contribution in [0.2, 0.25) is 0 Å². The molecule has 0 unspecified atom stereocenters. The normalized spacial score (nSPS) is 10.6. The van der Waals surface area contributed by atoms with Crippen LogP contribution in [0, 0.1) is 25.2 Å². The van der Waals surface area contributed by atoms with Crippen LogP contribution in [0.25, 0.3) is 0 Å². The van der Waals surface area contributed by atoms with E-state index in [-0.39, 0.29) is 0 Å². The van der Waals surface area contributed by atoms with Crippen molar-refractivity contribution < 1.29 is 4.74 Å². The lowest BCUT2D eigenvalue weighted by Gasteiger charge is -2.10. The standard InChI is InChI=1S/C23H26N4O/c1-17-23(18(2)27(3)26-17)11-12-25-15-19-7-6-10-22(13-19)28-16-21-9-5-4-8-20(21)14-24/h4-10,13,25H,11-12,15-16H2,1-3H3. The molecule has 28 heavy (non-hydrogen) atoms. The summed E-state index contributed by atoms with van der Waals surface area (Å²) in [5, 5.41) is 17.1. The molecule has 0 spiro atoms. The minimum Gasteiger partial charge on any atom is -0.489 e. The molecule has 3 aromatic rings. The highest BCUT2D eigenvalue weighted by molar-refractivity contribution is 5.37. The van der Waals surface area contributed by atoms with E-state index in [1.807, 2.05) is 54.2 Å². The zero-order chi connectivity index (χ0) is 19.9. The molecule has 0 bridgehead atoms. The smallest absolute Gasteiger partial charge is 0.120 e. The molecule has 2 aromatic carbocycles. The number of hydrogen-bond donors (Lipinski definition) is 1. The molecule has 0 atom stereocenters. The van der Waals surface area contributed by atoms with Crippen LogP contribution in [0.1, 0.15) is 33.6 Å². The number of benzene rings is 2. The van der Waals surface area contributed by atoms with Crippen molar-refractivity contribution >= 4 is 0 Å². The van der Waals surface area contributed by atoms with E-state index in [4.69, 9.17) is 4.74 Å². The first-order chi connectivity index (χ1) is 13.6. The van der Waals surface area contributed by atoms with Crippen molar-refractivity contribution in [1.82, 2.24) is 15.1 Å². The summed E-state index contributed by atoms with van der Waals surface area (Å²) >= 11 is 0. The van der Waals surface area contributed by atoms with Crippen LogP contribution in [0.5, 0.6) is 5.75 Å². The first-order valence-electron chi connectivity index (χ1n) is 9.48. The van der Waals surface area contributed by atoms with Gasteiger partial charge in [0, 0.05) is 24.8 Å². The number of nitrogens with one attached hydrogen (secondary N) is 1. The molecule has 5 nitrogen and oxygen atoms in total. The third-order valence-corrected chi connectivity index (χ3v) is 4.97. The molecular formula is C23H26N4O. The average Bonchev–Trinajstić information content (AvgIpc) is 2.95. The van der Waals surface area contributed by atoms with Crippen LogP contribution in [-0.2, 0) is 26.6 Å². The van der Waals surface area contributed by atoms with E-state index in [2.05, 4.69) is 36.4 Å². The van der Waals surface area contributed by atoms with E-state index in [1.54, 1.807) is 0 Å². The molecule has 0 amide bonds. The maximum absolute atomic E-state index is 9.18. The second-order valence-corrected chi connectivity index (χ2v) is 6.90. The molecule has 5 heteroatoms. The molecule has 0 saturated carbocycles. The lowest BCUT2D eigenvalue weighted by molar-refractivity contribution is 0.305. The maximum Gasteiger partial charge on any atom is 0.120 e. The van der Waals surface area contributed by atoms with E-state index in [0.29, 0.717) is 12.2 Å². The Morgan fingerprint density at radius 2 is 1.96 bits per heavy atom. The minimum absolute atomic E-state index is 0.389. The van der Waals surface area contributed by atoms with E-state index >= 15 is 0 Å². The number of aromatic nitrogens is 2. The molecule has 1 heterocycles. The number of rotatable bonds is 8. The summed E-state index contributed by atoms with van der Waals surface area (Å²) in [5.74, 6) is 0.811. The number of aryl methyl sites for hydroxylation is 2. The molecule has 0 aliphatic heterocycles. The van der Waals surface area contributed by atoms with Crippen LogP contribution in [0.3, 0.4) is 0 Å². The Balaban J connectivity index is 1.51. The van der Waals surface area contributed by atoms with Gasteiger partial charge in [-0.2, -0.15) is 10.4 Å². The molecule has 0 aliphatic rings. The highest BCUT2D eigenvalue weighted by Crippen LogP contribution is 2.17. The Labute approximate surface area is 166 Å². The number of hydrogen-bond acceptors (Lipinski definition) is 4. The summed E-state index contributed by atoms with van der Waals surface area (Å²) in [5.41, 5.74) is 6.38. The van der Waals surface area contributed by atoms with Gasteiger partial charge in [-0.1, -0.05) is 30.3 Å². The van der Waals surface area contributed by atoms with Gasteiger partial charge in [-0.25, -0.2) is 0 Å². The van der Waals surface area contributed by atoms with Crippen molar-refractivity contribution in [2.75, 3.05) is 6.54 Å². The first-order valence-corrected chi connectivity index (χ1v) is 9.48. The highest BCUT2D eigenvalue weighted by Gasteiger charge is 2.08. The quantitative estimate of drug-likeness (QED) is 0.609. The lowest BCUT2D eigenvalue weighted by Crippen LogP contribution is -2.17. The number of nitrogens with zero attached hydrogens (tertiary/aromatic N) is 3. The van der Waals surface area contributed by atoms with Gasteiger partial charge in [-0.3, -0.25) is 4.68 Å². The van der Waals surface area contributed by atoms with E-state index in [9.17, 15) is 5.26 Å². The van der Waals surface area contributed by atoms with Crippen LogP contribution in [0.4, 0.5) is 0 Å². The van der Waals surface area contributed by atoms with Gasteiger partial charge in [0.2, 0.25) is 0 Å². The van der Waals surface area contributed by atoms with Gasteiger partial charge in [0.15, 0.2) is 0 Å². The van der Waals surface area contributed by atoms with Crippen molar-refractivity contribution in [3.05, 3.63) is 82.2 Å². The van der Waals surface area contributed by atoms with Crippen molar-refractivity contribution in [3.63, 3.8) is 0 Å². The molecule has 3 rings (SSSR count). The third kappa shape index (κ3) is 4.79. The van der Waals surface area contributed by atoms with Gasteiger partial charge in [0.25, 0.3) is 0 Å². The van der Waals surface area contributed by atoms with Crippen molar-refractivity contribution in [1.29, 1.82) is 5.26 Å². The van der Waals surface area contributed by atoms with Crippen molar-refractivity contribution in [3.8, 4) is 11.8 Å². The van der Waals surface area contributed by atoms with Crippen molar-refractivity contribution in [2.24, 2.45) is 7.05 Å². The zero-order valence-electron chi connectivity index (χ0n) is 16.7. The number of ether oxygens (including phenoxy) is 1. The van der Waals surface area contributed by atoms with Gasteiger partial charge in [-0.15, -0.1) is 0 Å². The summed E-state index contributed by atoms with van der Waals surface area (Å²) in [4.78, 5) is 0. The zero-order valence-corrected chi connectivity index (χ0v) is 16.7. The SMILES string of the molecule is Cc1nn(C)c(C)c1CCNCc1cccc(OCc2ccccc2C#N)c1. The van der Waals surface area contributed by atoms with E-state index in [1.165, 1.54) is 16.8 Å².